The number of nitrogens with one attached hydrogen (secondary N) is 1. The van der Waals surface area contributed by atoms with Crippen LogP contribution in [0.2, 0.25) is 0 Å². The molecule has 0 radical (unpaired) electrons. The van der Waals surface area contributed by atoms with Gasteiger partial charge in [-0.15, -0.1) is 0 Å². The minimum atomic E-state index is -0.343. The summed E-state index contributed by atoms with van der Waals surface area (Å²) in [5.74, 6) is 3.01. The summed E-state index contributed by atoms with van der Waals surface area (Å²) < 4.78 is 26.4. The number of aryl methyl sites for hydroxylation is 2. The van der Waals surface area contributed by atoms with Crippen molar-refractivity contribution in [3.05, 3.63) is 64.5 Å². The number of hydrogen-bond acceptors (Lipinski definition) is 6. The van der Waals surface area contributed by atoms with Crippen molar-refractivity contribution in [2.75, 3.05) is 58.9 Å². The summed E-state index contributed by atoms with van der Waals surface area (Å²) >= 11 is 0. The Labute approximate surface area is 265 Å². The lowest BCUT2D eigenvalue weighted by Crippen LogP contribution is -2.57. The van der Waals surface area contributed by atoms with E-state index in [-0.39, 0.29) is 17.4 Å². The number of methoxy groups -OCH3 is 2. The number of aromatic nitrogens is 2. The van der Waals surface area contributed by atoms with Crippen molar-refractivity contribution in [3.63, 3.8) is 0 Å². The highest BCUT2D eigenvalue weighted by atomic mass is 19.1. The number of fused-ring (bicyclic) bond motifs is 3. The lowest BCUT2D eigenvalue weighted by atomic mass is 9.45. The highest BCUT2D eigenvalue weighted by molar-refractivity contribution is 5.96. The van der Waals surface area contributed by atoms with Crippen molar-refractivity contribution >= 4 is 22.5 Å². The van der Waals surface area contributed by atoms with Gasteiger partial charge in [-0.3, -0.25) is 14.3 Å². The van der Waals surface area contributed by atoms with Gasteiger partial charge in [0.15, 0.2) is 5.96 Å². The normalized spacial score (nSPS) is 24.8. The maximum Gasteiger partial charge on any atom is 0.261 e. The van der Waals surface area contributed by atoms with Gasteiger partial charge < -0.3 is 19.7 Å². The Balaban J connectivity index is 1.20. The van der Waals surface area contributed by atoms with Gasteiger partial charge in [0.2, 0.25) is 0 Å². The fourth-order valence-corrected chi connectivity index (χ4v) is 7.67. The smallest absolute Gasteiger partial charge is 0.261 e. The summed E-state index contributed by atoms with van der Waals surface area (Å²) in [6, 6.07) is 10.8. The molecule has 3 aromatic rings. The first-order chi connectivity index (χ1) is 21.7. The summed E-state index contributed by atoms with van der Waals surface area (Å²) in [4.78, 5) is 28.2. The predicted octanol–water partition coefficient (Wildman–Crippen LogP) is 4.89. The number of aliphatic imine (C=N–C) groups is 1. The third-order valence-corrected chi connectivity index (χ3v) is 10.8. The Hall–Kier alpha value is -3.50. The zero-order valence-corrected chi connectivity index (χ0v) is 27.3. The molecule has 1 aliphatic heterocycles. The number of halogens is 1. The fraction of sp³-hybridized carbons (Fsp3) is 0.571. The molecule has 2 heterocycles. The van der Waals surface area contributed by atoms with E-state index in [1.807, 2.05) is 18.2 Å². The van der Waals surface area contributed by atoms with E-state index < -0.39 is 0 Å². The Morgan fingerprint density at radius 1 is 1.09 bits per heavy atom. The zero-order chi connectivity index (χ0) is 31.7. The predicted molar refractivity (Wildman–Crippen MR) is 177 cm³/mol. The molecule has 2 unspecified atom stereocenters. The van der Waals surface area contributed by atoms with E-state index in [0.717, 1.165) is 63.3 Å². The van der Waals surface area contributed by atoms with E-state index in [2.05, 4.69) is 40.9 Å². The monoisotopic (exact) mass is 618 g/mol. The van der Waals surface area contributed by atoms with Crippen LogP contribution in [-0.2, 0) is 17.7 Å². The summed E-state index contributed by atoms with van der Waals surface area (Å²) in [6.07, 6.45) is 4.38. The molecule has 2 aromatic carbocycles. The minimum absolute atomic E-state index is 0.139. The van der Waals surface area contributed by atoms with Gasteiger partial charge in [0, 0.05) is 58.1 Å². The number of nitrogens with zero attached hydrogens (tertiary/aromatic N) is 5. The molecule has 242 valence electrons. The van der Waals surface area contributed by atoms with Gasteiger partial charge in [-0.05, 0) is 72.3 Å². The molecule has 1 saturated heterocycles. The molecule has 3 saturated carbocycles. The van der Waals surface area contributed by atoms with Crippen molar-refractivity contribution < 1.29 is 13.9 Å². The number of guanidine groups is 1. The lowest BCUT2D eigenvalue weighted by molar-refractivity contribution is -0.108. The van der Waals surface area contributed by atoms with Crippen LogP contribution in [0, 0.1) is 29.0 Å². The molecule has 1 N–H and O–H groups in total. The SMILES string of the molecule is COCCN1CCN(C(=NC2CC3C[C@H]([C@@H]2C)C3(C)C)Nc2ccc3c(=O)n(CCc4ccc(OC)cc4F)cnc3c2)CC1. The standard InChI is InChI=1S/C35H47FN6O3/c1-23-29-18-25(35(29,2)3)19-31(23)39-34(41-14-12-40(13-15-41)16-17-44-4)38-26-7-9-28-32(20-26)37-22-42(33(28)43)11-10-24-6-8-27(45-5)21-30(24)36/h6-9,20-23,25,29,31H,10-19H2,1-5H3,(H,38,39)/t23-,25?,29+,31?/m0/s1. The van der Waals surface area contributed by atoms with Gasteiger partial charge in [0.05, 0.1) is 37.0 Å². The van der Waals surface area contributed by atoms with Crippen LogP contribution in [0.25, 0.3) is 10.9 Å². The lowest BCUT2D eigenvalue weighted by Gasteiger charge is -2.61. The maximum atomic E-state index is 14.5. The number of anilines is 1. The summed E-state index contributed by atoms with van der Waals surface area (Å²) in [6.45, 7) is 12.9. The van der Waals surface area contributed by atoms with Gasteiger partial charge in [0.1, 0.15) is 11.6 Å². The van der Waals surface area contributed by atoms with Crippen molar-refractivity contribution in [1.29, 1.82) is 0 Å². The zero-order valence-electron chi connectivity index (χ0n) is 27.3. The molecule has 3 aliphatic carbocycles. The van der Waals surface area contributed by atoms with Gasteiger partial charge in [-0.25, -0.2) is 14.4 Å². The second-order valence-corrected chi connectivity index (χ2v) is 13.6. The number of benzene rings is 2. The van der Waals surface area contributed by atoms with Crippen LogP contribution in [0.4, 0.5) is 10.1 Å². The molecule has 4 atom stereocenters. The van der Waals surface area contributed by atoms with Crippen LogP contribution in [0.3, 0.4) is 0 Å². The van der Waals surface area contributed by atoms with Gasteiger partial charge in [-0.2, -0.15) is 0 Å². The van der Waals surface area contributed by atoms with Gasteiger partial charge >= 0.3 is 0 Å². The molecule has 4 fully saturated rings. The van der Waals surface area contributed by atoms with E-state index in [0.29, 0.717) is 52.4 Å². The first-order valence-corrected chi connectivity index (χ1v) is 16.3. The van der Waals surface area contributed by atoms with Crippen LogP contribution in [-0.4, -0.2) is 84.9 Å². The molecule has 10 heteroatoms. The number of hydrogen-bond donors (Lipinski definition) is 1. The van der Waals surface area contributed by atoms with Crippen molar-refractivity contribution in [2.45, 2.75) is 52.6 Å². The van der Waals surface area contributed by atoms with E-state index in [4.69, 9.17) is 14.5 Å². The summed E-state index contributed by atoms with van der Waals surface area (Å²) in [5.41, 5.74) is 2.28. The quantitative estimate of drug-likeness (QED) is 0.270. The van der Waals surface area contributed by atoms with E-state index in [1.165, 1.54) is 19.6 Å². The molecular formula is C35H47FN6O3. The average Bonchev–Trinajstić information content (AvgIpc) is 3.04. The molecule has 2 bridgehead atoms. The molecule has 45 heavy (non-hydrogen) atoms. The summed E-state index contributed by atoms with van der Waals surface area (Å²) in [7, 11) is 3.26. The minimum Gasteiger partial charge on any atom is -0.497 e. The molecule has 0 amide bonds. The molecule has 9 nitrogen and oxygen atoms in total. The third kappa shape index (κ3) is 6.45. The molecular weight excluding hydrogens is 571 g/mol. The third-order valence-electron chi connectivity index (χ3n) is 10.8. The number of piperazine rings is 1. The maximum absolute atomic E-state index is 14.5. The average molecular weight is 619 g/mol. The van der Waals surface area contributed by atoms with Crippen LogP contribution in [0.5, 0.6) is 5.75 Å². The Morgan fingerprint density at radius 3 is 2.58 bits per heavy atom. The Bertz CT molecular complexity index is 1600. The van der Waals surface area contributed by atoms with E-state index >= 15 is 0 Å². The first-order valence-electron chi connectivity index (χ1n) is 16.3. The van der Waals surface area contributed by atoms with Crippen molar-refractivity contribution in [2.24, 2.45) is 28.2 Å². The van der Waals surface area contributed by atoms with E-state index in [1.54, 1.807) is 30.1 Å². The van der Waals surface area contributed by atoms with Crippen LogP contribution in [0.1, 0.15) is 39.2 Å². The van der Waals surface area contributed by atoms with Crippen molar-refractivity contribution in [3.8, 4) is 5.75 Å². The van der Waals surface area contributed by atoms with E-state index in [9.17, 15) is 9.18 Å². The highest BCUT2D eigenvalue weighted by Gasteiger charge is 2.56. The molecule has 4 aliphatic rings. The highest BCUT2D eigenvalue weighted by Crippen LogP contribution is 2.61. The second-order valence-electron chi connectivity index (χ2n) is 13.6. The largest absolute Gasteiger partial charge is 0.497 e. The number of rotatable bonds is 9. The van der Waals surface area contributed by atoms with Gasteiger partial charge in [0.25, 0.3) is 5.56 Å². The van der Waals surface area contributed by atoms with Gasteiger partial charge in [-0.1, -0.05) is 26.8 Å². The molecule has 0 spiro atoms. The topological polar surface area (TPSA) is 84.2 Å². The number of ether oxygens (including phenoxy) is 2. The van der Waals surface area contributed by atoms with Crippen LogP contribution < -0.4 is 15.6 Å². The fourth-order valence-electron chi connectivity index (χ4n) is 7.67. The Kier molecular flexibility index (Phi) is 9.15. The van der Waals surface area contributed by atoms with Crippen LogP contribution >= 0.6 is 0 Å². The van der Waals surface area contributed by atoms with Crippen molar-refractivity contribution in [1.82, 2.24) is 19.4 Å². The first kappa shape index (κ1) is 31.5. The molecule has 1 aromatic heterocycles. The Morgan fingerprint density at radius 2 is 1.89 bits per heavy atom. The second kappa shape index (κ2) is 13.1. The molecule has 7 rings (SSSR count). The van der Waals surface area contributed by atoms with Crippen LogP contribution in [0.15, 0.2) is 52.5 Å². The summed E-state index contributed by atoms with van der Waals surface area (Å²) in [5, 5.41) is 4.18.